The first kappa shape index (κ1) is 13.7. The lowest BCUT2D eigenvalue weighted by Crippen LogP contribution is -2.44. The van der Waals surface area contributed by atoms with Crippen molar-refractivity contribution in [2.24, 2.45) is 0 Å². The van der Waals surface area contributed by atoms with Crippen molar-refractivity contribution in [2.75, 3.05) is 13.2 Å². The second-order valence-corrected chi connectivity index (χ2v) is 5.87. The highest BCUT2D eigenvalue weighted by molar-refractivity contribution is 5.21. The Morgan fingerprint density at radius 3 is 2.85 bits per heavy atom. The van der Waals surface area contributed by atoms with E-state index in [2.05, 4.69) is 42.2 Å². The minimum Gasteiger partial charge on any atom is -0.495 e. The van der Waals surface area contributed by atoms with Crippen molar-refractivity contribution in [3.63, 3.8) is 0 Å². The number of nitrogens with zero attached hydrogens (tertiary/aromatic N) is 1. The maximum absolute atomic E-state index is 11.0. The lowest BCUT2D eigenvalue weighted by Gasteiger charge is -2.34. The number of benzene rings is 1. The predicted octanol–water partition coefficient (Wildman–Crippen LogP) is 2.71. The van der Waals surface area contributed by atoms with Crippen LogP contribution in [0, 0.1) is 0 Å². The third-order valence-corrected chi connectivity index (χ3v) is 4.61. The average molecular weight is 273 g/mol. The Labute approximate surface area is 120 Å². The molecule has 1 saturated heterocycles. The molecular weight excluding hydrogens is 250 g/mol. The molecule has 20 heavy (non-hydrogen) atoms. The molecule has 2 unspecified atom stereocenters. The summed E-state index contributed by atoms with van der Waals surface area (Å²) in [6.07, 6.45) is 4.91. The van der Waals surface area contributed by atoms with Crippen LogP contribution in [0.4, 0.5) is 0 Å². The van der Waals surface area contributed by atoms with Crippen LogP contribution in [0.3, 0.4) is 0 Å². The first-order chi connectivity index (χ1) is 9.70. The SMILES string of the molecule is CC1N(Cc2ccccc2)CCC1(O)C1=CCCCO1. The molecule has 1 aromatic rings. The molecule has 2 aliphatic rings. The lowest BCUT2D eigenvalue weighted by molar-refractivity contribution is -0.0171. The fraction of sp³-hybridized carbons (Fsp3) is 0.529. The van der Waals surface area contributed by atoms with Crippen LogP contribution in [-0.4, -0.2) is 34.8 Å². The van der Waals surface area contributed by atoms with E-state index in [0.29, 0.717) is 0 Å². The zero-order valence-corrected chi connectivity index (χ0v) is 12.1. The molecule has 0 spiro atoms. The quantitative estimate of drug-likeness (QED) is 0.919. The normalized spacial score (nSPS) is 30.9. The van der Waals surface area contributed by atoms with Crippen molar-refractivity contribution in [2.45, 2.75) is 44.4 Å². The van der Waals surface area contributed by atoms with E-state index >= 15 is 0 Å². The standard InChI is InChI=1S/C17H23NO2/c1-14-17(19,16-9-5-6-12-20-16)10-11-18(14)13-15-7-3-2-4-8-15/h2-4,7-9,14,19H,5-6,10-13H2,1H3. The minimum absolute atomic E-state index is 0.0899. The van der Waals surface area contributed by atoms with Gasteiger partial charge in [0.2, 0.25) is 0 Å². The van der Waals surface area contributed by atoms with Crippen molar-refractivity contribution in [1.29, 1.82) is 0 Å². The first-order valence-electron chi connectivity index (χ1n) is 7.54. The maximum atomic E-state index is 11.0. The minimum atomic E-state index is -0.810. The number of likely N-dealkylation sites (tertiary alicyclic amines) is 1. The molecule has 3 heteroatoms. The molecule has 0 saturated carbocycles. The average Bonchev–Trinajstić information content (AvgIpc) is 2.79. The van der Waals surface area contributed by atoms with Gasteiger partial charge >= 0.3 is 0 Å². The smallest absolute Gasteiger partial charge is 0.137 e. The number of ether oxygens (including phenoxy) is 1. The molecular formula is C17H23NO2. The van der Waals surface area contributed by atoms with Crippen LogP contribution in [-0.2, 0) is 11.3 Å². The molecule has 108 valence electrons. The number of aliphatic hydroxyl groups is 1. The molecule has 0 amide bonds. The Morgan fingerprint density at radius 2 is 2.15 bits per heavy atom. The van der Waals surface area contributed by atoms with Crippen LogP contribution < -0.4 is 0 Å². The van der Waals surface area contributed by atoms with Gasteiger partial charge in [-0.15, -0.1) is 0 Å². The van der Waals surface area contributed by atoms with Crippen LogP contribution in [0.5, 0.6) is 0 Å². The van der Waals surface area contributed by atoms with E-state index in [-0.39, 0.29) is 6.04 Å². The van der Waals surface area contributed by atoms with Crippen LogP contribution in [0.25, 0.3) is 0 Å². The Balaban J connectivity index is 1.73. The second-order valence-electron chi connectivity index (χ2n) is 5.87. The number of hydrogen-bond donors (Lipinski definition) is 1. The summed E-state index contributed by atoms with van der Waals surface area (Å²) in [6, 6.07) is 10.5. The van der Waals surface area contributed by atoms with E-state index in [9.17, 15) is 5.11 Å². The van der Waals surface area contributed by atoms with Gasteiger partial charge in [0.1, 0.15) is 11.4 Å². The van der Waals surface area contributed by atoms with Gasteiger partial charge in [0, 0.05) is 19.1 Å². The van der Waals surface area contributed by atoms with Crippen LogP contribution >= 0.6 is 0 Å². The molecule has 1 N–H and O–H groups in total. The van der Waals surface area contributed by atoms with Gasteiger partial charge in [0.05, 0.1) is 6.61 Å². The third kappa shape index (κ3) is 2.48. The molecule has 0 aliphatic carbocycles. The van der Waals surface area contributed by atoms with E-state index in [1.807, 2.05) is 6.07 Å². The van der Waals surface area contributed by atoms with Gasteiger partial charge in [-0.05, 0) is 37.8 Å². The molecule has 1 aromatic carbocycles. The number of hydrogen-bond acceptors (Lipinski definition) is 3. The summed E-state index contributed by atoms with van der Waals surface area (Å²) in [5, 5.41) is 11.0. The second kappa shape index (κ2) is 5.58. The van der Waals surface area contributed by atoms with Gasteiger partial charge in [0.15, 0.2) is 0 Å². The molecule has 2 aliphatic heterocycles. The van der Waals surface area contributed by atoms with Crippen molar-refractivity contribution < 1.29 is 9.84 Å². The van der Waals surface area contributed by atoms with Gasteiger partial charge < -0.3 is 9.84 Å². The molecule has 0 bridgehead atoms. The summed E-state index contributed by atoms with van der Waals surface area (Å²) < 4.78 is 5.72. The molecule has 1 fully saturated rings. The van der Waals surface area contributed by atoms with Crippen LogP contribution in [0.15, 0.2) is 42.2 Å². The van der Waals surface area contributed by atoms with Gasteiger partial charge in [-0.3, -0.25) is 4.90 Å². The summed E-state index contributed by atoms with van der Waals surface area (Å²) in [5.41, 5.74) is 0.483. The van der Waals surface area contributed by atoms with Crippen LogP contribution in [0.1, 0.15) is 31.7 Å². The summed E-state index contributed by atoms with van der Waals surface area (Å²) in [5.74, 6) is 0.798. The van der Waals surface area contributed by atoms with E-state index in [4.69, 9.17) is 4.74 Å². The zero-order valence-electron chi connectivity index (χ0n) is 12.1. The van der Waals surface area contributed by atoms with Crippen molar-refractivity contribution in [1.82, 2.24) is 4.90 Å². The summed E-state index contributed by atoms with van der Waals surface area (Å²) >= 11 is 0. The van der Waals surface area contributed by atoms with E-state index < -0.39 is 5.60 Å². The molecule has 2 heterocycles. The van der Waals surface area contributed by atoms with Crippen molar-refractivity contribution >= 4 is 0 Å². The Kier molecular flexibility index (Phi) is 3.81. The largest absolute Gasteiger partial charge is 0.495 e. The topological polar surface area (TPSA) is 32.7 Å². The fourth-order valence-electron chi connectivity index (χ4n) is 3.24. The first-order valence-corrected chi connectivity index (χ1v) is 7.54. The van der Waals surface area contributed by atoms with E-state index in [1.165, 1.54) is 5.56 Å². The highest BCUT2D eigenvalue weighted by Gasteiger charge is 2.47. The summed E-state index contributed by atoms with van der Waals surface area (Å²) in [6.45, 7) is 4.64. The predicted molar refractivity (Wildman–Crippen MR) is 79.1 cm³/mol. The maximum Gasteiger partial charge on any atom is 0.137 e. The summed E-state index contributed by atoms with van der Waals surface area (Å²) in [4.78, 5) is 2.34. The van der Waals surface area contributed by atoms with Crippen molar-refractivity contribution in [3.05, 3.63) is 47.7 Å². The fourth-order valence-corrected chi connectivity index (χ4v) is 3.24. The Bertz CT molecular complexity index is 485. The number of allylic oxidation sites excluding steroid dienone is 1. The molecule has 0 radical (unpaired) electrons. The van der Waals surface area contributed by atoms with Gasteiger partial charge in [-0.25, -0.2) is 0 Å². The van der Waals surface area contributed by atoms with E-state index in [0.717, 1.165) is 44.7 Å². The highest BCUT2D eigenvalue weighted by atomic mass is 16.5. The van der Waals surface area contributed by atoms with E-state index in [1.54, 1.807) is 0 Å². The monoisotopic (exact) mass is 273 g/mol. The molecule has 3 nitrogen and oxygen atoms in total. The third-order valence-electron chi connectivity index (χ3n) is 4.61. The molecule has 2 atom stereocenters. The summed E-state index contributed by atoms with van der Waals surface area (Å²) in [7, 11) is 0. The zero-order chi connectivity index (χ0) is 14.0. The Hall–Kier alpha value is -1.32. The highest BCUT2D eigenvalue weighted by Crippen LogP contribution is 2.37. The Morgan fingerprint density at radius 1 is 1.35 bits per heavy atom. The van der Waals surface area contributed by atoms with Crippen molar-refractivity contribution in [3.8, 4) is 0 Å². The van der Waals surface area contributed by atoms with Gasteiger partial charge in [0.25, 0.3) is 0 Å². The molecule has 0 aromatic heterocycles. The number of rotatable bonds is 3. The van der Waals surface area contributed by atoms with Gasteiger partial charge in [-0.2, -0.15) is 0 Å². The van der Waals surface area contributed by atoms with Crippen LogP contribution in [0.2, 0.25) is 0 Å². The molecule has 3 rings (SSSR count). The van der Waals surface area contributed by atoms with Gasteiger partial charge in [-0.1, -0.05) is 30.3 Å². The lowest BCUT2D eigenvalue weighted by atomic mass is 9.91.